The molecule has 0 saturated heterocycles. The maximum atomic E-state index is 6.00. The Morgan fingerprint density at radius 2 is 1.00 bits per heavy atom. The van der Waals surface area contributed by atoms with Crippen LogP contribution in [-0.4, -0.2) is 27.4 Å². The summed E-state index contributed by atoms with van der Waals surface area (Å²) in [6.45, 7) is 1.22. The van der Waals surface area contributed by atoms with E-state index < -0.39 is 0 Å². The molecule has 2 rings (SSSR count). The van der Waals surface area contributed by atoms with Crippen LogP contribution in [0, 0.1) is 0 Å². The summed E-state index contributed by atoms with van der Waals surface area (Å²) < 4.78 is 10.9. The molecule has 2 aromatic rings. The van der Waals surface area contributed by atoms with Crippen LogP contribution in [0.25, 0.3) is 0 Å². The fourth-order valence-electron chi connectivity index (χ4n) is 2.67. The topological polar surface area (TPSA) is 18.5 Å². The van der Waals surface area contributed by atoms with Crippen LogP contribution < -0.4 is 0 Å². The zero-order valence-corrected chi connectivity index (χ0v) is 14.3. The van der Waals surface area contributed by atoms with Crippen LogP contribution in [-0.2, 0) is 9.47 Å². The van der Waals surface area contributed by atoms with Gasteiger partial charge in [0, 0.05) is 36.1 Å². The Kier molecular flexibility index (Phi) is 6.71. The first kappa shape index (κ1) is 17.3. The Balaban J connectivity index is 2.36. The van der Waals surface area contributed by atoms with Gasteiger partial charge in [-0.15, -0.1) is 0 Å². The number of halogens is 2. The normalized spacial score (nSPS) is 13.8. The van der Waals surface area contributed by atoms with Crippen LogP contribution in [0.15, 0.2) is 48.5 Å². The van der Waals surface area contributed by atoms with Crippen LogP contribution in [0.4, 0.5) is 0 Å². The average Bonchev–Trinajstić information content (AvgIpc) is 2.53. The van der Waals surface area contributed by atoms with Crippen molar-refractivity contribution in [1.29, 1.82) is 0 Å². The van der Waals surface area contributed by atoms with Gasteiger partial charge < -0.3 is 9.47 Å². The third-order valence-electron chi connectivity index (χ3n) is 3.77. The summed E-state index contributed by atoms with van der Waals surface area (Å²) in [6, 6.07) is 15.8. The van der Waals surface area contributed by atoms with Gasteiger partial charge in [0.15, 0.2) is 0 Å². The molecule has 0 aliphatic rings. The molecule has 0 heterocycles. The third-order valence-corrected chi connectivity index (χ3v) is 4.28. The lowest BCUT2D eigenvalue weighted by Crippen LogP contribution is -2.20. The molecule has 4 heteroatoms. The number of ether oxygens (including phenoxy) is 2. The molecule has 2 unspecified atom stereocenters. The molecule has 2 nitrogen and oxygen atoms in total. The Morgan fingerprint density at radius 1 is 0.682 bits per heavy atom. The maximum absolute atomic E-state index is 6.00. The van der Waals surface area contributed by atoms with Crippen LogP contribution in [0.5, 0.6) is 0 Å². The van der Waals surface area contributed by atoms with E-state index in [9.17, 15) is 0 Å². The van der Waals surface area contributed by atoms with Crippen LogP contribution in [0.3, 0.4) is 0 Å². The van der Waals surface area contributed by atoms with Crippen molar-refractivity contribution in [1.82, 2.24) is 0 Å². The Morgan fingerprint density at radius 3 is 1.27 bits per heavy atom. The highest BCUT2D eigenvalue weighted by molar-refractivity contribution is 6.30. The molecule has 0 radical (unpaired) electrons. The molecule has 2 atom stereocenters. The molecule has 0 saturated carbocycles. The molecule has 0 spiro atoms. The molecule has 2 aromatic carbocycles. The summed E-state index contributed by atoms with van der Waals surface area (Å²) in [5, 5.41) is 1.46. The first-order chi connectivity index (χ1) is 10.7. The first-order valence-corrected chi connectivity index (χ1v) is 7.90. The minimum absolute atomic E-state index is 0.184. The maximum Gasteiger partial charge on any atom is 0.0537 e. The minimum atomic E-state index is 0.184. The van der Waals surface area contributed by atoms with Crippen molar-refractivity contribution in [2.45, 2.75) is 11.8 Å². The predicted molar refractivity (Wildman–Crippen MR) is 92.1 cm³/mol. The summed E-state index contributed by atoms with van der Waals surface area (Å²) in [6.07, 6.45) is 0. The largest absolute Gasteiger partial charge is 0.384 e. The minimum Gasteiger partial charge on any atom is -0.384 e. The quantitative estimate of drug-likeness (QED) is 0.694. The molecule has 0 aliphatic carbocycles. The lowest BCUT2D eigenvalue weighted by atomic mass is 9.82. The van der Waals surface area contributed by atoms with Crippen molar-refractivity contribution in [2.24, 2.45) is 0 Å². The van der Waals surface area contributed by atoms with Gasteiger partial charge in [-0.05, 0) is 35.4 Å². The van der Waals surface area contributed by atoms with E-state index in [1.54, 1.807) is 14.2 Å². The highest BCUT2D eigenvalue weighted by Crippen LogP contribution is 2.34. The van der Waals surface area contributed by atoms with E-state index in [0.717, 1.165) is 10.0 Å². The number of hydrogen-bond acceptors (Lipinski definition) is 2. The number of hydrogen-bond donors (Lipinski definition) is 0. The van der Waals surface area contributed by atoms with Gasteiger partial charge in [-0.3, -0.25) is 0 Å². The van der Waals surface area contributed by atoms with Gasteiger partial charge in [0.25, 0.3) is 0 Å². The SMILES string of the molecule is COCC(c1ccc(Cl)cc1)C(COC)c1ccc(Cl)cc1. The first-order valence-electron chi connectivity index (χ1n) is 7.14. The molecule has 0 bridgehead atoms. The number of methoxy groups -OCH3 is 2. The van der Waals surface area contributed by atoms with E-state index in [0.29, 0.717) is 13.2 Å². The van der Waals surface area contributed by atoms with Crippen molar-refractivity contribution >= 4 is 23.2 Å². The lowest BCUT2D eigenvalue weighted by Gasteiger charge is -2.27. The molecule has 0 fully saturated rings. The van der Waals surface area contributed by atoms with Gasteiger partial charge in [0.2, 0.25) is 0 Å². The van der Waals surface area contributed by atoms with E-state index >= 15 is 0 Å². The highest BCUT2D eigenvalue weighted by Gasteiger charge is 2.25. The van der Waals surface area contributed by atoms with E-state index in [1.807, 2.05) is 48.5 Å². The van der Waals surface area contributed by atoms with E-state index in [-0.39, 0.29) is 11.8 Å². The molecule has 0 aromatic heterocycles. The molecular formula is C18H20Cl2O2. The molecule has 0 aliphatic heterocycles. The van der Waals surface area contributed by atoms with Crippen molar-refractivity contribution in [3.05, 3.63) is 69.7 Å². The van der Waals surface area contributed by atoms with Gasteiger partial charge >= 0.3 is 0 Å². The van der Waals surface area contributed by atoms with Crippen molar-refractivity contribution < 1.29 is 9.47 Å². The van der Waals surface area contributed by atoms with Crippen molar-refractivity contribution in [2.75, 3.05) is 27.4 Å². The van der Waals surface area contributed by atoms with Gasteiger partial charge in [-0.1, -0.05) is 47.5 Å². The zero-order valence-electron chi connectivity index (χ0n) is 12.8. The Bertz CT molecular complexity index is 513. The summed E-state index contributed by atoms with van der Waals surface area (Å²) in [4.78, 5) is 0. The third kappa shape index (κ3) is 4.47. The average molecular weight is 339 g/mol. The fraction of sp³-hybridized carbons (Fsp3) is 0.333. The predicted octanol–water partition coefficient (Wildman–Crippen LogP) is 5.15. The second-order valence-corrected chi connectivity index (χ2v) is 6.10. The van der Waals surface area contributed by atoms with E-state index in [4.69, 9.17) is 32.7 Å². The summed E-state index contributed by atoms with van der Waals surface area (Å²) in [7, 11) is 3.43. The summed E-state index contributed by atoms with van der Waals surface area (Å²) in [5.41, 5.74) is 2.37. The van der Waals surface area contributed by atoms with Gasteiger partial charge in [-0.2, -0.15) is 0 Å². The molecular weight excluding hydrogens is 319 g/mol. The van der Waals surface area contributed by atoms with Gasteiger partial charge in [0.1, 0.15) is 0 Å². The standard InChI is InChI=1S/C18H20Cl2O2/c1-21-11-17(13-3-7-15(19)8-4-13)18(12-22-2)14-5-9-16(20)10-6-14/h3-10,17-18H,11-12H2,1-2H3. The monoisotopic (exact) mass is 338 g/mol. The summed E-state index contributed by atoms with van der Waals surface area (Å²) >= 11 is 12.0. The Labute approximate surface area is 142 Å². The molecule has 0 N–H and O–H groups in total. The van der Waals surface area contributed by atoms with Crippen molar-refractivity contribution in [3.63, 3.8) is 0 Å². The second kappa shape index (κ2) is 8.54. The molecule has 118 valence electrons. The van der Waals surface area contributed by atoms with E-state index in [1.165, 1.54) is 11.1 Å². The van der Waals surface area contributed by atoms with Crippen LogP contribution in [0.2, 0.25) is 10.0 Å². The molecule has 0 amide bonds. The fourth-order valence-corrected chi connectivity index (χ4v) is 2.92. The van der Waals surface area contributed by atoms with Crippen LogP contribution in [0.1, 0.15) is 23.0 Å². The highest BCUT2D eigenvalue weighted by atomic mass is 35.5. The van der Waals surface area contributed by atoms with E-state index in [2.05, 4.69) is 0 Å². The van der Waals surface area contributed by atoms with Gasteiger partial charge in [-0.25, -0.2) is 0 Å². The zero-order chi connectivity index (χ0) is 15.9. The lowest BCUT2D eigenvalue weighted by molar-refractivity contribution is 0.127. The number of benzene rings is 2. The van der Waals surface area contributed by atoms with Crippen molar-refractivity contribution in [3.8, 4) is 0 Å². The molecule has 22 heavy (non-hydrogen) atoms. The summed E-state index contributed by atoms with van der Waals surface area (Å²) in [5.74, 6) is 0.367. The number of rotatable bonds is 7. The second-order valence-electron chi connectivity index (χ2n) is 5.23. The Hall–Kier alpha value is -1.06. The van der Waals surface area contributed by atoms with Gasteiger partial charge in [0.05, 0.1) is 13.2 Å². The van der Waals surface area contributed by atoms with Crippen LogP contribution >= 0.6 is 23.2 Å². The smallest absolute Gasteiger partial charge is 0.0537 e.